The largest absolute Gasteiger partial charge is 0.493 e. The fourth-order valence-corrected chi connectivity index (χ4v) is 5.85. The van der Waals surface area contributed by atoms with Gasteiger partial charge >= 0.3 is 11.9 Å². The SMILES string of the molecule is C=CC(=O)OCCN(CCOC(=O)C=C)S(=O)(=O)c1ccc(/N=N/C2=C(O)N(CC(CC)CCCC)C(=C)C(C#N)=C2C)cc1. The van der Waals surface area contributed by atoms with Crippen LogP contribution < -0.4 is 0 Å². The third-order valence-electron chi connectivity index (χ3n) is 7.15. The normalized spacial score (nSPS) is 14.5. The summed E-state index contributed by atoms with van der Waals surface area (Å²) in [5.41, 5.74) is 1.53. The molecule has 2 rings (SSSR count). The molecule has 1 aliphatic rings. The quantitative estimate of drug-likeness (QED) is 0.118. The number of nitriles is 1. The summed E-state index contributed by atoms with van der Waals surface area (Å²) in [6.45, 7) is 16.1. The molecule has 0 saturated carbocycles. The number of esters is 2. The number of allylic oxidation sites excluding steroid dienone is 2. The molecule has 1 aliphatic heterocycles. The van der Waals surface area contributed by atoms with Gasteiger partial charge in [0.2, 0.25) is 15.9 Å². The maximum atomic E-state index is 13.4. The van der Waals surface area contributed by atoms with Gasteiger partial charge in [0.1, 0.15) is 25.0 Å². The summed E-state index contributed by atoms with van der Waals surface area (Å²) in [5.74, 6) is -1.29. The third kappa shape index (κ3) is 9.99. The van der Waals surface area contributed by atoms with Gasteiger partial charge in [-0.15, -0.1) is 5.11 Å². The molecule has 12 nitrogen and oxygen atoms in total. The van der Waals surface area contributed by atoms with E-state index in [0.717, 1.165) is 42.1 Å². The van der Waals surface area contributed by atoms with Crippen LogP contribution in [0.1, 0.15) is 46.5 Å². The Hall–Kier alpha value is -4.54. The lowest BCUT2D eigenvalue weighted by atomic mass is 9.95. The number of carbonyl (C=O) groups is 2. The molecule has 1 heterocycles. The standard InChI is InChI=1S/C32H41N5O7S/c1-7-11-12-25(8-2)22-37-24(6)28(21-33)23(5)31(32(37)40)35-34-26-13-15-27(16-14-26)45(41,42)36(17-19-43-29(38)9-3)18-20-44-30(39)10-4/h9-10,13-16,25,40H,3-4,6-8,11-12,17-20,22H2,1-2,5H3/b35-34+. The number of nitrogens with zero attached hydrogens (tertiary/aromatic N) is 5. The van der Waals surface area contributed by atoms with Crippen LogP contribution in [0.3, 0.4) is 0 Å². The van der Waals surface area contributed by atoms with Crippen molar-refractivity contribution in [3.63, 3.8) is 0 Å². The minimum atomic E-state index is -4.11. The first-order chi connectivity index (χ1) is 21.4. The van der Waals surface area contributed by atoms with Crippen molar-refractivity contribution in [1.29, 1.82) is 5.26 Å². The van der Waals surface area contributed by atoms with Gasteiger partial charge in [0.15, 0.2) is 0 Å². The van der Waals surface area contributed by atoms with E-state index in [1.165, 1.54) is 24.3 Å². The highest BCUT2D eigenvalue weighted by Gasteiger charge is 2.30. The van der Waals surface area contributed by atoms with Crippen LogP contribution in [0.5, 0.6) is 0 Å². The fraction of sp³-hybridized carbons (Fsp3) is 0.406. The second-order valence-electron chi connectivity index (χ2n) is 10.1. The molecule has 45 heavy (non-hydrogen) atoms. The van der Waals surface area contributed by atoms with E-state index in [9.17, 15) is 28.4 Å². The summed E-state index contributed by atoms with van der Waals surface area (Å²) in [7, 11) is -4.11. The molecular weight excluding hydrogens is 598 g/mol. The molecule has 1 aromatic carbocycles. The van der Waals surface area contributed by atoms with E-state index in [4.69, 9.17) is 9.47 Å². The molecule has 0 aliphatic carbocycles. The smallest absolute Gasteiger partial charge is 0.330 e. The van der Waals surface area contributed by atoms with Crippen LogP contribution >= 0.6 is 0 Å². The maximum Gasteiger partial charge on any atom is 0.330 e. The van der Waals surface area contributed by atoms with Crippen molar-refractivity contribution in [2.45, 2.75) is 51.3 Å². The topological polar surface area (TPSA) is 162 Å². The Labute approximate surface area is 265 Å². The predicted molar refractivity (Wildman–Crippen MR) is 169 cm³/mol. The summed E-state index contributed by atoms with van der Waals surface area (Å²) in [6.07, 6.45) is 5.88. The molecule has 1 atom stereocenters. The van der Waals surface area contributed by atoms with Crippen molar-refractivity contribution < 1.29 is 32.6 Å². The van der Waals surface area contributed by atoms with E-state index < -0.39 is 22.0 Å². The van der Waals surface area contributed by atoms with Crippen LogP contribution in [0, 0.1) is 17.2 Å². The second-order valence-corrected chi connectivity index (χ2v) is 12.0. The number of sulfonamides is 1. The number of hydrogen-bond donors (Lipinski definition) is 1. The van der Waals surface area contributed by atoms with Crippen molar-refractivity contribution in [3.8, 4) is 6.07 Å². The van der Waals surface area contributed by atoms with E-state index in [0.29, 0.717) is 23.4 Å². The predicted octanol–water partition coefficient (Wildman–Crippen LogP) is 5.83. The van der Waals surface area contributed by atoms with Gasteiger partial charge in [-0.05, 0) is 43.5 Å². The first kappa shape index (κ1) is 36.7. The van der Waals surface area contributed by atoms with Gasteiger partial charge in [0.25, 0.3) is 0 Å². The Bertz CT molecular complexity index is 1480. The van der Waals surface area contributed by atoms with Gasteiger partial charge in [-0.1, -0.05) is 52.8 Å². The molecule has 242 valence electrons. The Kier molecular flexibility index (Phi) is 14.4. The number of unbranched alkanes of at least 4 members (excludes halogenated alkanes) is 1. The monoisotopic (exact) mass is 639 g/mol. The highest BCUT2D eigenvalue weighted by atomic mass is 32.2. The number of aliphatic hydroxyl groups excluding tert-OH is 1. The van der Waals surface area contributed by atoms with Crippen molar-refractivity contribution in [1.82, 2.24) is 9.21 Å². The summed E-state index contributed by atoms with van der Waals surface area (Å²) in [5, 5.41) is 29.4. The molecule has 1 unspecified atom stereocenters. The molecule has 0 bridgehead atoms. The zero-order valence-corrected chi connectivity index (χ0v) is 26.9. The zero-order chi connectivity index (χ0) is 33.6. The van der Waals surface area contributed by atoms with E-state index in [1.807, 2.05) is 0 Å². The van der Waals surface area contributed by atoms with Gasteiger partial charge < -0.3 is 19.5 Å². The van der Waals surface area contributed by atoms with Crippen molar-refractivity contribution in [3.05, 3.63) is 84.6 Å². The molecule has 1 N–H and O–H groups in total. The number of benzene rings is 1. The molecule has 0 saturated heterocycles. The van der Waals surface area contributed by atoms with Crippen molar-refractivity contribution in [2.75, 3.05) is 32.8 Å². The third-order valence-corrected chi connectivity index (χ3v) is 9.06. The molecule has 13 heteroatoms. The lowest BCUT2D eigenvalue weighted by Crippen LogP contribution is -2.37. The number of aliphatic hydroxyl groups is 1. The Morgan fingerprint density at radius 3 is 2.16 bits per heavy atom. The Morgan fingerprint density at radius 1 is 1.09 bits per heavy atom. The minimum Gasteiger partial charge on any atom is -0.493 e. The minimum absolute atomic E-state index is 0.0886. The number of ether oxygens (including phenoxy) is 2. The fourth-order valence-electron chi connectivity index (χ4n) is 4.44. The van der Waals surface area contributed by atoms with Gasteiger partial charge in [0.05, 0.1) is 21.9 Å². The number of azo groups is 1. The number of carbonyl (C=O) groups excluding carboxylic acids is 2. The van der Waals surface area contributed by atoms with Crippen LogP contribution in [0.4, 0.5) is 5.69 Å². The number of rotatable bonds is 18. The highest BCUT2D eigenvalue weighted by Crippen LogP contribution is 2.35. The Morgan fingerprint density at radius 2 is 1.67 bits per heavy atom. The van der Waals surface area contributed by atoms with E-state index in [2.05, 4.69) is 49.9 Å². The summed E-state index contributed by atoms with van der Waals surface area (Å²) < 4.78 is 37.7. The molecule has 0 aromatic heterocycles. The molecule has 0 radical (unpaired) electrons. The summed E-state index contributed by atoms with van der Waals surface area (Å²) in [6, 6.07) is 7.68. The van der Waals surface area contributed by atoms with Crippen molar-refractivity contribution >= 4 is 27.6 Å². The lowest BCUT2D eigenvalue weighted by molar-refractivity contribution is -0.137. The maximum absolute atomic E-state index is 13.4. The van der Waals surface area contributed by atoms with E-state index >= 15 is 0 Å². The van der Waals surface area contributed by atoms with Gasteiger partial charge in [-0.25, -0.2) is 18.0 Å². The second kappa shape index (κ2) is 17.7. The van der Waals surface area contributed by atoms with Gasteiger partial charge in [0, 0.05) is 37.4 Å². The van der Waals surface area contributed by atoms with Crippen LogP contribution in [-0.2, 0) is 29.1 Å². The number of hydrogen-bond acceptors (Lipinski definition) is 11. The summed E-state index contributed by atoms with van der Waals surface area (Å²) >= 11 is 0. The molecule has 0 spiro atoms. The van der Waals surface area contributed by atoms with Gasteiger partial charge in [-0.3, -0.25) is 0 Å². The lowest BCUT2D eigenvalue weighted by Gasteiger charge is -2.33. The first-order valence-electron chi connectivity index (χ1n) is 14.6. The molecule has 1 aromatic rings. The zero-order valence-electron chi connectivity index (χ0n) is 26.1. The van der Waals surface area contributed by atoms with Crippen LogP contribution in [0.15, 0.2) is 99.7 Å². The molecule has 0 fully saturated rings. The molecule has 0 amide bonds. The van der Waals surface area contributed by atoms with E-state index in [-0.39, 0.29) is 54.4 Å². The Balaban J connectivity index is 2.33. The first-order valence-corrected chi connectivity index (χ1v) is 16.0. The van der Waals surface area contributed by atoms with Crippen LogP contribution in [0.25, 0.3) is 0 Å². The van der Waals surface area contributed by atoms with Crippen molar-refractivity contribution in [2.24, 2.45) is 16.1 Å². The highest BCUT2D eigenvalue weighted by molar-refractivity contribution is 7.89. The summed E-state index contributed by atoms with van der Waals surface area (Å²) in [4.78, 5) is 24.4. The van der Waals surface area contributed by atoms with Crippen LogP contribution in [-0.4, -0.2) is 67.5 Å². The van der Waals surface area contributed by atoms with Gasteiger partial charge in [-0.2, -0.15) is 14.7 Å². The average molecular weight is 640 g/mol. The van der Waals surface area contributed by atoms with E-state index in [1.54, 1.807) is 11.8 Å². The van der Waals surface area contributed by atoms with Crippen LogP contribution in [0.2, 0.25) is 0 Å². The molecular formula is C32H41N5O7S. The average Bonchev–Trinajstić information content (AvgIpc) is 3.03.